The minimum Gasteiger partial charge on any atom is -0.472 e. The van der Waals surface area contributed by atoms with Gasteiger partial charge in [-0.1, -0.05) is 0 Å². The first-order valence-corrected chi connectivity index (χ1v) is 8.65. The van der Waals surface area contributed by atoms with Crippen molar-refractivity contribution in [3.8, 4) is 5.88 Å². The zero-order chi connectivity index (χ0) is 20.5. The Kier molecular flexibility index (Phi) is 4.66. The topological polar surface area (TPSA) is 120 Å². The molecule has 0 aliphatic carbocycles. The molecule has 4 heterocycles. The highest BCUT2D eigenvalue weighted by Gasteiger charge is 2.33. The second-order valence-corrected chi connectivity index (χ2v) is 6.46. The number of aryl methyl sites for hydroxylation is 1. The van der Waals surface area contributed by atoms with Crippen molar-refractivity contribution < 1.29 is 18.7 Å². The van der Waals surface area contributed by atoms with E-state index < -0.39 is 29.4 Å². The quantitative estimate of drug-likeness (QED) is 0.641. The molecule has 3 aromatic heterocycles. The highest BCUT2D eigenvalue weighted by Crippen LogP contribution is 2.24. The van der Waals surface area contributed by atoms with Crippen LogP contribution in [0.25, 0.3) is 0 Å². The third-order valence-corrected chi connectivity index (χ3v) is 4.32. The van der Waals surface area contributed by atoms with Crippen LogP contribution in [0.15, 0.2) is 31.0 Å². The van der Waals surface area contributed by atoms with Crippen molar-refractivity contribution in [1.29, 1.82) is 0 Å². The van der Waals surface area contributed by atoms with Crippen LogP contribution in [0.2, 0.25) is 0 Å². The molecule has 12 heteroatoms. The molecule has 1 aliphatic rings. The summed E-state index contributed by atoms with van der Waals surface area (Å²) in [6.45, 7) is 0.0809. The predicted molar refractivity (Wildman–Crippen MR) is 96.7 cm³/mol. The Morgan fingerprint density at radius 1 is 1.31 bits per heavy atom. The summed E-state index contributed by atoms with van der Waals surface area (Å²) in [5, 5.41) is 10.5. The lowest BCUT2D eigenvalue weighted by Gasteiger charge is -2.18. The van der Waals surface area contributed by atoms with E-state index in [2.05, 4.69) is 25.5 Å². The Morgan fingerprint density at radius 2 is 2.10 bits per heavy atom. The molecule has 2 amide bonds. The lowest BCUT2D eigenvalue weighted by Crippen LogP contribution is -2.49. The Bertz CT molecular complexity index is 1080. The van der Waals surface area contributed by atoms with Gasteiger partial charge in [-0.25, -0.2) is 14.4 Å². The van der Waals surface area contributed by atoms with Crippen molar-refractivity contribution in [3.05, 3.63) is 48.1 Å². The van der Waals surface area contributed by atoms with Crippen LogP contribution in [0.5, 0.6) is 5.88 Å². The molecule has 0 fully saturated rings. The standard InChI is InChI=1S/C17H17FN8O3/c1-24-6-10(5-21-24)7-26-8-11(18)13(23-26)15(27)22-12-9-29-16-14(19-3-4-20-16)25(2)17(12)28/h3-6,8,12H,7,9H2,1-2H3,(H,22,27)/t12-/m0/s1. The summed E-state index contributed by atoms with van der Waals surface area (Å²) in [5.74, 6) is -1.68. The van der Waals surface area contributed by atoms with Crippen LogP contribution in [0.1, 0.15) is 16.1 Å². The van der Waals surface area contributed by atoms with Crippen molar-refractivity contribution >= 4 is 17.6 Å². The molecule has 1 atom stereocenters. The predicted octanol–water partition coefficient (Wildman–Crippen LogP) is -0.252. The average molecular weight is 400 g/mol. The fourth-order valence-corrected chi connectivity index (χ4v) is 2.92. The second-order valence-electron chi connectivity index (χ2n) is 6.46. The molecule has 1 aliphatic heterocycles. The van der Waals surface area contributed by atoms with Gasteiger partial charge >= 0.3 is 0 Å². The van der Waals surface area contributed by atoms with Crippen LogP contribution in [-0.4, -0.2) is 61.0 Å². The van der Waals surface area contributed by atoms with Gasteiger partial charge in [-0.15, -0.1) is 0 Å². The molecule has 11 nitrogen and oxygen atoms in total. The van der Waals surface area contributed by atoms with Gasteiger partial charge in [0.1, 0.15) is 12.6 Å². The first kappa shape index (κ1) is 18.5. The van der Waals surface area contributed by atoms with E-state index >= 15 is 0 Å². The molecule has 3 aromatic rings. The first-order chi connectivity index (χ1) is 13.9. The number of rotatable bonds is 4. The molecular formula is C17H17FN8O3. The van der Waals surface area contributed by atoms with E-state index in [9.17, 15) is 14.0 Å². The molecule has 0 saturated carbocycles. The number of hydrogen-bond acceptors (Lipinski definition) is 7. The van der Waals surface area contributed by atoms with E-state index in [1.807, 2.05) is 0 Å². The highest BCUT2D eigenvalue weighted by molar-refractivity contribution is 6.02. The van der Waals surface area contributed by atoms with Gasteiger partial charge in [-0.3, -0.25) is 23.9 Å². The molecule has 150 valence electrons. The summed E-state index contributed by atoms with van der Waals surface area (Å²) in [6.07, 6.45) is 7.35. The Labute approximate surface area is 164 Å². The van der Waals surface area contributed by atoms with Crippen molar-refractivity contribution in [1.82, 2.24) is 34.8 Å². The average Bonchev–Trinajstić information content (AvgIpc) is 3.26. The van der Waals surface area contributed by atoms with Gasteiger partial charge in [0.05, 0.1) is 18.9 Å². The van der Waals surface area contributed by atoms with E-state index in [0.717, 1.165) is 11.8 Å². The fraction of sp³-hybridized carbons (Fsp3) is 0.294. The molecular weight excluding hydrogens is 383 g/mol. The Morgan fingerprint density at radius 3 is 2.86 bits per heavy atom. The van der Waals surface area contributed by atoms with Gasteiger partial charge in [0, 0.05) is 38.2 Å². The largest absolute Gasteiger partial charge is 0.472 e. The number of aromatic nitrogens is 6. The number of hydrogen-bond donors (Lipinski definition) is 1. The van der Waals surface area contributed by atoms with Crippen LogP contribution in [0.4, 0.5) is 10.2 Å². The SMILES string of the molecule is CN1C(=O)[C@@H](NC(=O)c2nn(Cc3cnn(C)c3)cc2F)COc2nccnc21. The zero-order valence-corrected chi connectivity index (χ0v) is 15.6. The molecule has 0 unspecified atom stereocenters. The number of halogens is 1. The maximum absolute atomic E-state index is 14.3. The maximum atomic E-state index is 14.3. The Hall–Kier alpha value is -3.83. The van der Waals surface area contributed by atoms with Crippen LogP contribution in [-0.2, 0) is 18.4 Å². The molecule has 29 heavy (non-hydrogen) atoms. The number of fused-ring (bicyclic) bond motifs is 1. The molecule has 0 radical (unpaired) electrons. The minimum atomic E-state index is -1.05. The van der Waals surface area contributed by atoms with Gasteiger partial charge < -0.3 is 10.1 Å². The normalized spacial score (nSPS) is 16.2. The van der Waals surface area contributed by atoms with Gasteiger partial charge in [-0.2, -0.15) is 10.2 Å². The summed E-state index contributed by atoms with van der Waals surface area (Å²) in [4.78, 5) is 34.5. The van der Waals surface area contributed by atoms with E-state index in [1.165, 1.54) is 29.0 Å². The maximum Gasteiger partial charge on any atom is 0.275 e. The number of amides is 2. The number of likely N-dealkylation sites (N-methyl/N-ethyl adjacent to an activating group) is 1. The lowest BCUT2D eigenvalue weighted by atomic mass is 10.2. The van der Waals surface area contributed by atoms with E-state index in [-0.39, 0.29) is 24.8 Å². The molecule has 0 spiro atoms. The molecule has 0 bridgehead atoms. The number of nitrogens with zero attached hydrogens (tertiary/aromatic N) is 7. The van der Waals surface area contributed by atoms with E-state index in [0.29, 0.717) is 0 Å². The highest BCUT2D eigenvalue weighted by atomic mass is 19.1. The smallest absolute Gasteiger partial charge is 0.275 e. The third kappa shape index (κ3) is 3.63. The van der Waals surface area contributed by atoms with Crippen LogP contribution in [0, 0.1) is 5.82 Å². The fourth-order valence-electron chi connectivity index (χ4n) is 2.92. The van der Waals surface area contributed by atoms with Crippen LogP contribution in [0.3, 0.4) is 0 Å². The van der Waals surface area contributed by atoms with Crippen molar-refractivity contribution in [3.63, 3.8) is 0 Å². The van der Waals surface area contributed by atoms with Crippen molar-refractivity contribution in [2.45, 2.75) is 12.6 Å². The van der Waals surface area contributed by atoms with Gasteiger partial charge in [0.15, 0.2) is 17.3 Å². The van der Waals surface area contributed by atoms with Gasteiger partial charge in [-0.05, 0) is 0 Å². The molecule has 0 aromatic carbocycles. The summed E-state index contributed by atoms with van der Waals surface area (Å²) in [5.41, 5.74) is 0.385. The molecule has 1 N–H and O–H groups in total. The number of carbonyl (C=O) groups excluding carboxylic acids is 2. The number of nitrogens with one attached hydrogen (secondary N) is 1. The number of ether oxygens (including phenoxy) is 1. The number of anilines is 1. The van der Waals surface area contributed by atoms with Crippen LogP contribution < -0.4 is 15.0 Å². The minimum absolute atomic E-state index is 0.168. The zero-order valence-electron chi connectivity index (χ0n) is 15.6. The summed E-state index contributed by atoms with van der Waals surface area (Å²) >= 11 is 0. The molecule has 4 rings (SSSR count). The van der Waals surface area contributed by atoms with Crippen molar-refractivity contribution in [2.75, 3.05) is 18.6 Å². The van der Waals surface area contributed by atoms with E-state index in [4.69, 9.17) is 4.74 Å². The van der Waals surface area contributed by atoms with Gasteiger partial charge in [0.25, 0.3) is 17.7 Å². The number of carbonyl (C=O) groups is 2. The summed E-state index contributed by atoms with van der Waals surface area (Å²) in [6, 6.07) is -1.05. The lowest BCUT2D eigenvalue weighted by molar-refractivity contribution is -0.120. The Balaban J connectivity index is 1.49. The van der Waals surface area contributed by atoms with E-state index in [1.54, 1.807) is 24.1 Å². The molecule has 0 saturated heterocycles. The van der Waals surface area contributed by atoms with Crippen molar-refractivity contribution in [2.24, 2.45) is 7.05 Å². The van der Waals surface area contributed by atoms with Crippen LogP contribution >= 0.6 is 0 Å². The monoisotopic (exact) mass is 400 g/mol. The summed E-state index contributed by atoms with van der Waals surface area (Å²) in [7, 11) is 3.26. The van der Waals surface area contributed by atoms with Gasteiger partial charge in [0.2, 0.25) is 0 Å². The second kappa shape index (κ2) is 7.30. The first-order valence-electron chi connectivity index (χ1n) is 8.65. The third-order valence-electron chi connectivity index (χ3n) is 4.32. The summed E-state index contributed by atoms with van der Waals surface area (Å²) < 4.78 is 22.7.